The van der Waals surface area contributed by atoms with E-state index in [9.17, 15) is 22.3 Å². The molecule has 0 aromatic heterocycles. The molecule has 1 aromatic rings. The first kappa shape index (κ1) is 16.0. The van der Waals surface area contributed by atoms with Crippen molar-refractivity contribution in [2.45, 2.75) is 37.2 Å². The molecule has 0 atom stereocenters. The molecule has 0 unspecified atom stereocenters. The van der Waals surface area contributed by atoms with E-state index in [1.54, 1.807) is 13.8 Å². The van der Waals surface area contributed by atoms with Gasteiger partial charge in [0, 0.05) is 6.54 Å². The molecular formula is C12H17F2NO3S. The molecule has 0 heterocycles. The van der Waals surface area contributed by atoms with Crippen LogP contribution in [0.5, 0.6) is 0 Å². The number of nitrogens with one attached hydrogen (secondary N) is 1. The Bertz CT molecular complexity index is 542. The summed E-state index contributed by atoms with van der Waals surface area (Å²) in [6.07, 6.45) is 0.690. The van der Waals surface area contributed by atoms with E-state index in [0.29, 0.717) is 12.8 Å². The average Bonchev–Trinajstić information content (AvgIpc) is 2.39. The van der Waals surface area contributed by atoms with Crippen LogP contribution in [0.2, 0.25) is 0 Å². The number of hydrogen-bond donors (Lipinski definition) is 2. The largest absolute Gasteiger partial charge is 0.389 e. The van der Waals surface area contributed by atoms with Crippen molar-refractivity contribution in [3.8, 4) is 0 Å². The molecule has 0 saturated heterocycles. The van der Waals surface area contributed by atoms with Gasteiger partial charge in [-0.3, -0.25) is 0 Å². The molecule has 2 N–H and O–H groups in total. The van der Waals surface area contributed by atoms with E-state index in [4.69, 9.17) is 0 Å². The molecule has 1 rings (SSSR count). The minimum absolute atomic E-state index is 0.252. The van der Waals surface area contributed by atoms with E-state index in [2.05, 4.69) is 4.72 Å². The van der Waals surface area contributed by atoms with Crippen molar-refractivity contribution in [1.82, 2.24) is 4.72 Å². The number of halogens is 2. The van der Waals surface area contributed by atoms with Crippen LogP contribution in [0, 0.1) is 11.6 Å². The monoisotopic (exact) mass is 293 g/mol. The first-order valence-electron chi connectivity index (χ1n) is 5.92. The second-order valence-corrected chi connectivity index (χ2v) is 6.04. The minimum atomic E-state index is -4.19. The van der Waals surface area contributed by atoms with Gasteiger partial charge in [0.15, 0.2) is 11.6 Å². The van der Waals surface area contributed by atoms with Gasteiger partial charge < -0.3 is 5.11 Å². The Morgan fingerprint density at radius 1 is 1.26 bits per heavy atom. The summed E-state index contributed by atoms with van der Waals surface area (Å²) in [7, 11) is -4.19. The van der Waals surface area contributed by atoms with Gasteiger partial charge in [0.1, 0.15) is 4.90 Å². The molecule has 4 nitrogen and oxygen atoms in total. The summed E-state index contributed by atoms with van der Waals surface area (Å²) < 4.78 is 52.2. The highest BCUT2D eigenvalue weighted by molar-refractivity contribution is 7.89. The van der Waals surface area contributed by atoms with Crippen molar-refractivity contribution in [2.24, 2.45) is 0 Å². The summed E-state index contributed by atoms with van der Waals surface area (Å²) in [4.78, 5) is -0.762. The second-order valence-electron chi connectivity index (χ2n) is 4.31. The highest BCUT2D eigenvalue weighted by atomic mass is 32.2. The summed E-state index contributed by atoms with van der Waals surface area (Å²) in [5, 5.41) is 9.97. The molecule has 0 aliphatic rings. The molecule has 0 radical (unpaired) electrons. The lowest BCUT2D eigenvalue weighted by molar-refractivity contribution is 0.0377. The average molecular weight is 293 g/mol. The molecule has 0 bridgehead atoms. The number of aliphatic hydroxyl groups is 1. The van der Waals surface area contributed by atoms with Crippen LogP contribution in [0.25, 0.3) is 0 Å². The Morgan fingerprint density at radius 3 is 2.37 bits per heavy atom. The van der Waals surface area contributed by atoms with E-state index in [1.165, 1.54) is 0 Å². The third kappa shape index (κ3) is 3.71. The predicted molar refractivity (Wildman–Crippen MR) is 67.1 cm³/mol. The zero-order valence-corrected chi connectivity index (χ0v) is 11.6. The molecule has 0 aliphatic carbocycles. The summed E-state index contributed by atoms with van der Waals surface area (Å²) >= 11 is 0. The van der Waals surface area contributed by atoms with Gasteiger partial charge in [0.05, 0.1) is 5.60 Å². The highest BCUT2D eigenvalue weighted by Gasteiger charge is 2.27. The topological polar surface area (TPSA) is 66.4 Å². The Kier molecular flexibility index (Phi) is 5.00. The van der Waals surface area contributed by atoms with E-state index in [0.717, 1.165) is 18.2 Å². The number of sulfonamides is 1. The molecular weight excluding hydrogens is 276 g/mol. The Morgan fingerprint density at radius 2 is 1.84 bits per heavy atom. The minimum Gasteiger partial charge on any atom is -0.389 e. The Balaban J connectivity index is 2.97. The van der Waals surface area contributed by atoms with Crippen LogP contribution < -0.4 is 4.72 Å². The van der Waals surface area contributed by atoms with Crippen molar-refractivity contribution in [2.75, 3.05) is 6.54 Å². The van der Waals surface area contributed by atoms with Crippen LogP contribution in [0.15, 0.2) is 23.1 Å². The normalized spacial score (nSPS) is 12.7. The van der Waals surface area contributed by atoms with Gasteiger partial charge in [-0.25, -0.2) is 21.9 Å². The second kappa shape index (κ2) is 5.94. The van der Waals surface area contributed by atoms with Crippen LogP contribution >= 0.6 is 0 Å². The SMILES string of the molecule is CCC(O)(CC)CNS(=O)(=O)c1cccc(F)c1F. The van der Waals surface area contributed by atoms with Gasteiger partial charge in [-0.2, -0.15) is 0 Å². The molecule has 0 amide bonds. The molecule has 0 fully saturated rings. The summed E-state index contributed by atoms with van der Waals surface area (Å²) in [5.74, 6) is -2.66. The first-order chi connectivity index (χ1) is 8.75. The van der Waals surface area contributed by atoms with Crippen molar-refractivity contribution < 1.29 is 22.3 Å². The Hall–Kier alpha value is -1.05. The van der Waals surface area contributed by atoms with Gasteiger partial charge in [-0.1, -0.05) is 19.9 Å². The molecule has 1 aromatic carbocycles. The third-order valence-electron chi connectivity index (χ3n) is 3.11. The maximum atomic E-state index is 13.4. The fourth-order valence-corrected chi connectivity index (χ4v) is 2.70. The third-order valence-corrected chi connectivity index (χ3v) is 4.53. The van der Waals surface area contributed by atoms with Crippen LogP contribution in [-0.4, -0.2) is 25.7 Å². The van der Waals surface area contributed by atoms with Gasteiger partial charge in [0.25, 0.3) is 0 Å². The fraction of sp³-hybridized carbons (Fsp3) is 0.500. The van der Waals surface area contributed by atoms with Gasteiger partial charge in [-0.15, -0.1) is 0 Å². The smallest absolute Gasteiger partial charge is 0.243 e. The first-order valence-corrected chi connectivity index (χ1v) is 7.40. The van der Waals surface area contributed by atoms with Crippen molar-refractivity contribution in [3.63, 3.8) is 0 Å². The standard InChI is InChI=1S/C12H17F2NO3S/c1-3-12(16,4-2)8-15-19(17,18)10-7-5-6-9(13)11(10)14/h5-7,15-16H,3-4,8H2,1-2H3. The molecule has 108 valence electrons. The van der Waals surface area contributed by atoms with Crippen molar-refractivity contribution in [3.05, 3.63) is 29.8 Å². The summed E-state index contributed by atoms with van der Waals surface area (Å²) in [6.45, 7) is 3.17. The number of rotatable bonds is 6. The van der Waals surface area contributed by atoms with E-state index in [-0.39, 0.29) is 6.54 Å². The zero-order valence-electron chi connectivity index (χ0n) is 10.8. The molecule has 0 aliphatic heterocycles. The maximum Gasteiger partial charge on any atom is 0.243 e. The van der Waals surface area contributed by atoms with Gasteiger partial charge >= 0.3 is 0 Å². The van der Waals surface area contributed by atoms with Gasteiger partial charge in [0.2, 0.25) is 10.0 Å². The van der Waals surface area contributed by atoms with E-state index in [1.807, 2.05) is 0 Å². The van der Waals surface area contributed by atoms with E-state index >= 15 is 0 Å². The molecule has 0 spiro atoms. The lowest BCUT2D eigenvalue weighted by Crippen LogP contribution is -2.42. The van der Waals surface area contributed by atoms with Crippen LogP contribution in [0.1, 0.15) is 26.7 Å². The predicted octanol–water partition coefficient (Wildman–Crippen LogP) is 1.79. The van der Waals surface area contributed by atoms with Crippen molar-refractivity contribution in [1.29, 1.82) is 0 Å². The van der Waals surface area contributed by atoms with E-state index < -0.39 is 32.2 Å². The lowest BCUT2D eigenvalue weighted by atomic mass is 9.98. The maximum absolute atomic E-state index is 13.4. The van der Waals surface area contributed by atoms with Gasteiger partial charge in [-0.05, 0) is 25.0 Å². The fourth-order valence-electron chi connectivity index (χ4n) is 1.50. The molecule has 19 heavy (non-hydrogen) atoms. The highest BCUT2D eigenvalue weighted by Crippen LogP contribution is 2.18. The summed E-state index contributed by atoms with van der Waals surface area (Å²) in [5.41, 5.74) is -1.20. The zero-order chi connectivity index (χ0) is 14.7. The lowest BCUT2D eigenvalue weighted by Gasteiger charge is -2.25. The Labute approximate surface area is 111 Å². The molecule has 7 heteroatoms. The number of benzene rings is 1. The quantitative estimate of drug-likeness (QED) is 0.840. The van der Waals surface area contributed by atoms with Crippen LogP contribution in [0.4, 0.5) is 8.78 Å². The van der Waals surface area contributed by atoms with Crippen molar-refractivity contribution >= 4 is 10.0 Å². The summed E-state index contributed by atoms with van der Waals surface area (Å²) in [6, 6.07) is 2.92. The number of hydrogen-bond acceptors (Lipinski definition) is 3. The molecule has 0 saturated carbocycles. The van der Waals surface area contributed by atoms with Crippen LogP contribution in [0.3, 0.4) is 0 Å². The van der Waals surface area contributed by atoms with Crippen LogP contribution in [-0.2, 0) is 10.0 Å².